The Balaban J connectivity index is 1.27. The Labute approximate surface area is 206 Å². The van der Waals surface area contributed by atoms with Crippen molar-refractivity contribution in [2.24, 2.45) is 0 Å². The maximum absolute atomic E-state index is 14.2. The maximum Gasteiger partial charge on any atom is 0.254 e. The molecule has 1 saturated heterocycles. The van der Waals surface area contributed by atoms with Gasteiger partial charge in [0.15, 0.2) is 5.76 Å². The highest BCUT2D eigenvalue weighted by atomic mass is 19.1. The molecule has 3 aromatic carbocycles. The van der Waals surface area contributed by atoms with Crippen LogP contribution in [0.3, 0.4) is 0 Å². The number of nitrogens with one attached hydrogen (secondary N) is 1. The normalized spacial score (nSPS) is 14.0. The third-order valence-electron chi connectivity index (χ3n) is 6.26. The van der Waals surface area contributed by atoms with Crippen LogP contribution in [0, 0.1) is 11.6 Å². The Bertz CT molecular complexity index is 1390. The molecule has 0 atom stereocenters. The fraction of sp³-hybridized carbons (Fsp3) is 0.179. The average molecular weight is 488 g/mol. The van der Waals surface area contributed by atoms with Gasteiger partial charge in [-0.05, 0) is 61.4 Å². The first-order valence-corrected chi connectivity index (χ1v) is 11.7. The van der Waals surface area contributed by atoms with Gasteiger partial charge in [0.2, 0.25) is 5.89 Å². The average Bonchev–Trinajstić information content (AvgIpc) is 3.39. The van der Waals surface area contributed by atoms with Gasteiger partial charge in [-0.25, -0.2) is 13.8 Å². The van der Waals surface area contributed by atoms with Crippen molar-refractivity contribution >= 4 is 11.8 Å². The minimum Gasteiger partial charge on any atom is -0.436 e. The largest absolute Gasteiger partial charge is 0.436 e. The number of aromatic nitrogens is 1. The number of nitrogens with zero attached hydrogens (tertiary/aromatic N) is 2. The Hall–Kier alpha value is -4.33. The zero-order chi connectivity index (χ0) is 25.1. The number of carbonyl (C=O) groups excluding carboxylic acids is 2. The molecule has 4 aromatic rings. The number of amides is 2. The van der Waals surface area contributed by atoms with E-state index in [1.165, 1.54) is 36.5 Å². The molecule has 1 aromatic heterocycles. The number of carbonyl (C=O) groups is 2. The third-order valence-corrected chi connectivity index (χ3v) is 6.26. The number of hydrogen-bond acceptors (Lipinski definition) is 4. The van der Waals surface area contributed by atoms with E-state index in [0.29, 0.717) is 48.2 Å². The zero-order valence-electron chi connectivity index (χ0n) is 19.3. The van der Waals surface area contributed by atoms with Crippen LogP contribution >= 0.6 is 0 Å². The highest BCUT2D eigenvalue weighted by molar-refractivity contribution is 6.00. The number of likely N-dealkylation sites (tertiary alicyclic amines) is 1. The smallest absolute Gasteiger partial charge is 0.254 e. The molecular weight excluding hydrogens is 464 g/mol. The van der Waals surface area contributed by atoms with Crippen molar-refractivity contribution in [3.8, 4) is 22.8 Å². The highest BCUT2D eigenvalue weighted by Gasteiger charge is 2.27. The predicted octanol–water partition coefficient (Wildman–Crippen LogP) is 5.32. The van der Waals surface area contributed by atoms with E-state index in [9.17, 15) is 18.4 Å². The van der Waals surface area contributed by atoms with Crippen molar-refractivity contribution in [1.29, 1.82) is 0 Å². The molecule has 0 unspecified atom stereocenters. The van der Waals surface area contributed by atoms with E-state index in [1.807, 2.05) is 0 Å². The molecule has 0 aliphatic carbocycles. The first-order chi connectivity index (χ1) is 17.5. The highest BCUT2D eigenvalue weighted by Crippen LogP contribution is 2.30. The first-order valence-electron chi connectivity index (χ1n) is 11.7. The monoisotopic (exact) mass is 487 g/mol. The summed E-state index contributed by atoms with van der Waals surface area (Å²) in [5.74, 6) is -0.730. The summed E-state index contributed by atoms with van der Waals surface area (Å²) in [6.07, 6.45) is 2.64. The Morgan fingerprint density at radius 1 is 0.889 bits per heavy atom. The fourth-order valence-electron chi connectivity index (χ4n) is 4.31. The molecule has 6 nitrogen and oxygen atoms in total. The summed E-state index contributed by atoms with van der Waals surface area (Å²) in [7, 11) is 0. The van der Waals surface area contributed by atoms with Gasteiger partial charge in [-0.15, -0.1) is 0 Å². The summed E-state index contributed by atoms with van der Waals surface area (Å²) in [6, 6.07) is 18.6. The lowest BCUT2D eigenvalue weighted by molar-refractivity contribution is 0.0698. The standard InChI is InChI=1S/C28H23F2N3O3/c29-19-11-9-18(10-12-19)26(34)32-20-13-15-33(16-14-20)28(35)22-6-2-1-5-21(22)27-31-17-25(36-27)23-7-3-4-8-24(23)30/h1-12,17,20H,13-16H2,(H,32,34). The van der Waals surface area contributed by atoms with Gasteiger partial charge in [0.05, 0.1) is 17.3 Å². The van der Waals surface area contributed by atoms with Gasteiger partial charge in [0.1, 0.15) is 11.6 Å². The van der Waals surface area contributed by atoms with Gasteiger partial charge < -0.3 is 14.6 Å². The van der Waals surface area contributed by atoms with Crippen LogP contribution < -0.4 is 5.32 Å². The number of halogens is 2. The van der Waals surface area contributed by atoms with Crippen molar-refractivity contribution in [2.45, 2.75) is 18.9 Å². The summed E-state index contributed by atoms with van der Waals surface area (Å²) < 4.78 is 33.1. The lowest BCUT2D eigenvalue weighted by atomic mass is 10.0. The molecule has 1 fully saturated rings. The minimum absolute atomic E-state index is 0.0862. The van der Waals surface area contributed by atoms with E-state index < -0.39 is 11.6 Å². The second kappa shape index (κ2) is 10.1. The van der Waals surface area contributed by atoms with Gasteiger partial charge in [0.25, 0.3) is 11.8 Å². The van der Waals surface area contributed by atoms with E-state index in [4.69, 9.17) is 4.42 Å². The van der Waals surface area contributed by atoms with Gasteiger partial charge in [-0.3, -0.25) is 9.59 Å². The van der Waals surface area contributed by atoms with E-state index in [1.54, 1.807) is 47.4 Å². The number of benzene rings is 3. The van der Waals surface area contributed by atoms with Crippen molar-refractivity contribution in [2.75, 3.05) is 13.1 Å². The summed E-state index contributed by atoms with van der Waals surface area (Å²) in [5, 5.41) is 2.96. The molecule has 0 spiro atoms. The van der Waals surface area contributed by atoms with Crippen molar-refractivity contribution < 1.29 is 22.8 Å². The van der Waals surface area contributed by atoms with Gasteiger partial charge in [-0.1, -0.05) is 24.3 Å². The molecule has 0 radical (unpaired) electrons. The van der Waals surface area contributed by atoms with Gasteiger partial charge in [0, 0.05) is 30.3 Å². The SMILES string of the molecule is O=C(NC1CCN(C(=O)c2ccccc2-c2ncc(-c3ccccc3F)o2)CC1)c1ccc(F)cc1. The summed E-state index contributed by atoms with van der Waals surface area (Å²) >= 11 is 0. The second-order valence-corrected chi connectivity index (χ2v) is 8.60. The van der Waals surface area contributed by atoms with Crippen molar-refractivity contribution in [3.05, 3.63) is 102 Å². The molecule has 182 valence electrons. The van der Waals surface area contributed by atoms with E-state index in [0.717, 1.165) is 0 Å². The predicted molar refractivity (Wildman–Crippen MR) is 130 cm³/mol. The van der Waals surface area contributed by atoms with Crippen LogP contribution in [0.15, 0.2) is 83.4 Å². The molecule has 36 heavy (non-hydrogen) atoms. The molecule has 5 rings (SSSR count). The Morgan fingerprint density at radius 3 is 2.28 bits per heavy atom. The Kier molecular flexibility index (Phi) is 6.58. The minimum atomic E-state index is -0.418. The molecule has 2 heterocycles. The maximum atomic E-state index is 14.2. The number of oxazole rings is 1. The van der Waals surface area contributed by atoms with E-state index in [2.05, 4.69) is 10.3 Å². The fourth-order valence-corrected chi connectivity index (χ4v) is 4.31. The summed E-state index contributed by atoms with van der Waals surface area (Å²) in [6.45, 7) is 0.932. The molecule has 0 saturated carbocycles. The summed E-state index contributed by atoms with van der Waals surface area (Å²) in [4.78, 5) is 31.8. The van der Waals surface area contributed by atoms with Crippen LogP contribution in [-0.2, 0) is 0 Å². The van der Waals surface area contributed by atoms with Crippen LogP contribution in [-0.4, -0.2) is 40.8 Å². The van der Waals surface area contributed by atoms with Gasteiger partial charge in [-0.2, -0.15) is 0 Å². The molecule has 0 bridgehead atoms. The number of rotatable bonds is 5. The molecule has 2 amide bonds. The lowest BCUT2D eigenvalue weighted by Crippen LogP contribution is -2.46. The molecule has 1 aliphatic rings. The molecule has 1 aliphatic heterocycles. The molecule has 1 N–H and O–H groups in total. The topological polar surface area (TPSA) is 75.4 Å². The molecule has 8 heteroatoms. The van der Waals surface area contributed by atoms with Crippen LogP contribution in [0.1, 0.15) is 33.6 Å². The summed E-state index contributed by atoms with van der Waals surface area (Å²) in [5.41, 5.74) is 1.65. The first kappa shape index (κ1) is 23.4. The van der Waals surface area contributed by atoms with E-state index >= 15 is 0 Å². The van der Waals surface area contributed by atoms with Crippen LogP contribution in [0.25, 0.3) is 22.8 Å². The van der Waals surface area contributed by atoms with Crippen LogP contribution in [0.5, 0.6) is 0 Å². The van der Waals surface area contributed by atoms with E-state index in [-0.39, 0.29) is 29.5 Å². The number of hydrogen-bond donors (Lipinski definition) is 1. The lowest BCUT2D eigenvalue weighted by Gasteiger charge is -2.32. The molecular formula is C28H23F2N3O3. The number of piperidine rings is 1. The van der Waals surface area contributed by atoms with Crippen LogP contribution in [0.4, 0.5) is 8.78 Å². The van der Waals surface area contributed by atoms with Crippen molar-refractivity contribution in [1.82, 2.24) is 15.2 Å². The zero-order valence-corrected chi connectivity index (χ0v) is 19.3. The second-order valence-electron chi connectivity index (χ2n) is 8.60. The quantitative estimate of drug-likeness (QED) is 0.413. The Morgan fingerprint density at radius 2 is 1.56 bits per heavy atom. The third kappa shape index (κ3) is 4.88. The van der Waals surface area contributed by atoms with Gasteiger partial charge >= 0.3 is 0 Å². The van der Waals surface area contributed by atoms with Crippen LogP contribution in [0.2, 0.25) is 0 Å². The van der Waals surface area contributed by atoms with Crippen molar-refractivity contribution in [3.63, 3.8) is 0 Å².